The molecule has 0 bridgehead atoms. The molecule has 0 aromatic carbocycles. The number of nitrogens with zero attached hydrogens (tertiary/aromatic N) is 2. The van der Waals surface area contributed by atoms with Gasteiger partial charge in [0.2, 0.25) is 0 Å². The average Bonchev–Trinajstić information content (AvgIpc) is 2.57. The van der Waals surface area contributed by atoms with E-state index in [9.17, 15) is 15.3 Å². The van der Waals surface area contributed by atoms with Crippen LogP contribution >= 0.6 is 0 Å². The molecule has 2 aliphatic heterocycles. The van der Waals surface area contributed by atoms with E-state index in [-0.39, 0.29) is 135 Å². The molecule has 5 unspecified atom stereocenters. The first kappa shape index (κ1) is 25.4. The van der Waals surface area contributed by atoms with Gasteiger partial charge in [-0.25, -0.2) is 0 Å². The van der Waals surface area contributed by atoms with Crippen molar-refractivity contribution in [3.8, 4) is 0 Å². The summed E-state index contributed by atoms with van der Waals surface area (Å²) in [5.41, 5.74) is 0.869. The molecule has 3 heterocycles. The normalized spacial score (nSPS) is 30.7. The molecule has 1 aromatic heterocycles. The maximum absolute atomic E-state index is 10.2. The van der Waals surface area contributed by atoms with E-state index in [2.05, 4.69) is 9.97 Å². The molecule has 3 N–H and O–H groups in total. The second kappa shape index (κ2) is 12.9. The third-order valence-corrected chi connectivity index (χ3v) is 3.67. The Labute approximate surface area is 243 Å². The van der Waals surface area contributed by atoms with Gasteiger partial charge in [-0.3, -0.25) is 9.97 Å². The fraction of sp³-hybridized carbons (Fsp3) is 0.571. The van der Waals surface area contributed by atoms with Crippen LogP contribution in [0.5, 0.6) is 0 Å². The van der Waals surface area contributed by atoms with Crippen LogP contribution < -0.4 is 116 Å². The second-order valence-corrected chi connectivity index (χ2v) is 5.35. The molecule has 25 heavy (non-hydrogen) atoms. The Kier molecular flexibility index (Phi) is 13.1. The molecule has 2 fully saturated rings. The van der Waals surface area contributed by atoms with Crippen molar-refractivity contribution in [3.05, 3.63) is 37.4 Å². The van der Waals surface area contributed by atoms with Crippen LogP contribution in [0.3, 0.4) is 0 Å². The van der Waals surface area contributed by atoms with Gasteiger partial charge in [-0.1, -0.05) is 13.6 Å². The number of hydrogen-bond donors (Lipinski definition) is 3. The molecule has 0 saturated carbocycles. The van der Waals surface area contributed by atoms with Crippen LogP contribution in [0.25, 0.3) is 0 Å². The van der Waals surface area contributed by atoms with Gasteiger partial charge in [0.15, 0.2) is 0 Å². The van der Waals surface area contributed by atoms with Crippen molar-refractivity contribution in [1.82, 2.24) is 9.97 Å². The molecule has 5 atom stereocenters. The number of aliphatic hydroxyl groups excluding tert-OH is 3. The van der Waals surface area contributed by atoms with Crippen LogP contribution in [0.1, 0.15) is 17.5 Å². The number of hydrogen-bond acceptors (Lipinski definition) is 9. The fourth-order valence-corrected chi connectivity index (χ4v) is 2.34. The maximum Gasteiger partial charge on any atom is 1.00 e. The van der Waals surface area contributed by atoms with Crippen LogP contribution in [0.4, 0.5) is 0 Å². The first-order valence-corrected chi connectivity index (χ1v) is 7.17. The minimum absolute atomic E-state index is 0. The van der Waals surface area contributed by atoms with Gasteiger partial charge in [-0.05, 0) is 0 Å². The summed E-state index contributed by atoms with van der Waals surface area (Å²) >= 11 is 0. The second-order valence-electron chi connectivity index (χ2n) is 5.35. The van der Waals surface area contributed by atoms with E-state index in [0.29, 0.717) is 12.1 Å². The molecule has 3 rings (SSSR count). The van der Waals surface area contributed by atoms with Crippen LogP contribution in [0.15, 0.2) is 12.4 Å². The molecular formula is C14H18N2O7Rb2. The van der Waals surface area contributed by atoms with Crippen LogP contribution in [-0.2, 0) is 25.4 Å². The van der Waals surface area contributed by atoms with Crippen molar-refractivity contribution in [2.45, 2.75) is 36.9 Å². The SMILES string of the molecule is OC1CO[CH-]OC1Cc1cnc(C(O)C2O[CH-]OCC2O)cn1.[Rb+].[Rb+]. The van der Waals surface area contributed by atoms with Crippen LogP contribution in [0, 0.1) is 13.6 Å². The molecule has 9 nitrogen and oxygen atoms in total. The number of ether oxygens (including phenoxy) is 4. The first-order chi connectivity index (χ1) is 11.1. The largest absolute Gasteiger partial charge is 1.00 e. The molecule has 0 amide bonds. The Morgan fingerprint density at radius 3 is 2.32 bits per heavy atom. The molecule has 0 radical (unpaired) electrons. The first-order valence-electron chi connectivity index (χ1n) is 7.17. The van der Waals surface area contributed by atoms with Gasteiger partial charge in [0.1, 0.15) is 12.2 Å². The van der Waals surface area contributed by atoms with E-state index >= 15 is 0 Å². The van der Waals surface area contributed by atoms with Gasteiger partial charge in [0, 0.05) is 25.8 Å². The van der Waals surface area contributed by atoms with E-state index in [1.54, 1.807) is 0 Å². The Morgan fingerprint density at radius 1 is 1.04 bits per heavy atom. The van der Waals surface area contributed by atoms with Gasteiger partial charge < -0.3 is 34.3 Å². The molecule has 128 valence electrons. The van der Waals surface area contributed by atoms with Gasteiger partial charge in [-0.15, -0.1) is 0 Å². The van der Waals surface area contributed by atoms with E-state index < -0.39 is 30.5 Å². The van der Waals surface area contributed by atoms with Crippen molar-refractivity contribution in [2.75, 3.05) is 13.2 Å². The third kappa shape index (κ3) is 7.31. The van der Waals surface area contributed by atoms with Crippen molar-refractivity contribution in [2.24, 2.45) is 0 Å². The fourth-order valence-electron chi connectivity index (χ4n) is 2.34. The summed E-state index contributed by atoms with van der Waals surface area (Å²) in [6.45, 7) is 2.50. The predicted octanol–water partition coefficient (Wildman–Crippen LogP) is -7.15. The van der Waals surface area contributed by atoms with E-state index in [4.69, 9.17) is 18.9 Å². The van der Waals surface area contributed by atoms with Gasteiger partial charge >= 0.3 is 116 Å². The smallest absolute Gasteiger partial charge is 0.523 e. The summed E-state index contributed by atoms with van der Waals surface area (Å²) in [4.78, 5) is 8.34. The molecule has 0 spiro atoms. The van der Waals surface area contributed by atoms with Crippen LogP contribution in [0.2, 0.25) is 0 Å². The summed E-state index contributed by atoms with van der Waals surface area (Å²) in [5, 5.41) is 29.7. The topological polar surface area (TPSA) is 123 Å². The van der Waals surface area contributed by atoms with Crippen molar-refractivity contribution in [3.63, 3.8) is 0 Å². The molecule has 2 aliphatic rings. The molecular weight excluding hydrogens is 479 g/mol. The number of aromatic nitrogens is 2. The summed E-state index contributed by atoms with van der Waals surface area (Å²) in [5.74, 6) is 0. The molecule has 0 aliphatic carbocycles. The Balaban J connectivity index is 0.00000156. The minimum atomic E-state index is -1.13. The predicted molar refractivity (Wildman–Crippen MR) is 73.0 cm³/mol. The third-order valence-electron chi connectivity index (χ3n) is 3.67. The van der Waals surface area contributed by atoms with E-state index in [0.717, 1.165) is 6.79 Å². The molecule has 2 saturated heterocycles. The zero-order valence-electron chi connectivity index (χ0n) is 14.2. The van der Waals surface area contributed by atoms with Gasteiger partial charge in [-0.2, -0.15) is 0 Å². The van der Waals surface area contributed by atoms with E-state index in [1.807, 2.05) is 0 Å². The Hall–Kier alpha value is 2.41. The average molecular weight is 497 g/mol. The quantitative estimate of drug-likeness (QED) is 0.349. The zero-order valence-corrected chi connectivity index (χ0v) is 24.0. The Morgan fingerprint density at radius 2 is 1.72 bits per heavy atom. The van der Waals surface area contributed by atoms with Crippen LogP contribution in [-0.4, -0.2) is 62.9 Å². The number of aliphatic hydroxyl groups is 3. The minimum Gasteiger partial charge on any atom is -0.523 e. The van der Waals surface area contributed by atoms with Gasteiger partial charge in [0.25, 0.3) is 0 Å². The molecule has 11 heteroatoms. The summed E-state index contributed by atoms with van der Waals surface area (Å²) in [6.07, 6.45) is -0.908. The monoisotopic (exact) mass is 496 g/mol. The standard InChI is InChI=1S/C14H18N2O7.2Rb/c17-10-4-20-6-22-12(10)1-8-2-16-9(3-15-8)13(19)14-11(18)5-21-7-23-14;;/h2-3,6-7,10-14,17-19H,1,4-5H2;;/q-2;2*+1. The number of rotatable bonds is 4. The van der Waals surface area contributed by atoms with Crippen molar-refractivity contribution in [1.29, 1.82) is 0 Å². The van der Waals surface area contributed by atoms with Crippen molar-refractivity contribution >= 4 is 0 Å². The Bertz CT molecular complexity index is 510. The summed E-state index contributed by atoms with van der Waals surface area (Å²) in [7, 11) is 0. The molecule has 1 aromatic rings. The van der Waals surface area contributed by atoms with E-state index in [1.165, 1.54) is 19.2 Å². The zero-order chi connectivity index (χ0) is 16.2. The summed E-state index contributed by atoms with van der Waals surface area (Å²) < 4.78 is 20.0. The van der Waals surface area contributed by atoms with Crippen molar-refractivity contribution < 1.29 is 151 Å². The summed E-state index contributed by atoms with van der Waals surface area (Å²) in [6, 6.07) is 0. The maximum atomic E-state index is 10.2. The van der Waals surface area contributed by atoms with Gasteiger partial charge in [0.05, 0.1) is 35.9 Å².